The fraction of sp³-hybridized carbons (Fsp3) is 0.333. The van der Waals surface area contributed by atoms with Gasteiger partial charge in [0.15, 0.2) is 0 Å². The van der Waals surface area contributed by atoms with E-state index in [4.69, 9.17) is 11.6 Å². The van der Waals surface area contributed by atoms with Gasteiger partial charge in [0, 0.05) is 50.8 Å². The van der Waals surface area contributed by atoms with Crippen LogP contribution in [0, 0.1) is 6.92 Å². The van der Waals surface area contributed by atoms with E-state index in [-0.39, 0.29) is 6.03 Å². The molecule has 2 aromatic rings. The Morgan fingerprint density at radius 3 is 2.54 bits per heavy atom. The van der Waals surface area contributed by atoms with E-state index in [2.05, 4.69) is 15.2 Å². The molecule has 5 nitrogen and oxygen atoms in total. The Morgan fingerprint density at radius 1 is 1.17 bits per heavy atom. The zero-order valence-electron chi connectivity index (χ0n) is 13.7. The van der Waals surface area contributed by atoms with Crippen molar-refractivity contribution in [3.05, 3.63) is 58.9 Å². The van der Waals surface area contributed by atoms with Gasteiger partial charge in [-0.05, 0) is 30.7 Å². The van der Waals surface area contributed by atoms with Gasteiger partial charge in [0.1, 0.15) is 0 Å². The predicted molar refractivity (Wildman–Crippen MR) is 96.3 cm³/mol. The molecule has 1 aromatic heterocycles. The van der Waals surface area contributed by atoms with Crippen molar-refractivity contribution < 1.29 is 4.79 Å². The van der Waals surface area contributed by atoms with Gasteiger partial charge in [0.25, 0.3) is 0 Å². The Labute approximate surface area is 147 Å². The van der Waals surface area contributed by atoms with Gasteiger partial charge in [-0.1, -0.05) is 29.3 Å². The smallest absolute Gasteiger partial charge is 0.321 e. The number of benzene rings is 1. The van der Waals surface area contributed by atoms with E-state index in [1.54, 1.807) is 12.4 Å². The van der Waals surface area contributed by atoms with E-state index in [0.29, 0.717) is 18.1 Å². The SMILES string of the molecule is Cc1ccc(NC(=O)N2CCN(Cc3ccncc3Cl)CC2)cc1. The first-order chi connectivity index (χ1) is 11.6. The van der Waals surface area contributed by atoms with Crippen LogP contribution in [0.5, 0.6) is 0 Å². The third kappa shape index (κ3) is 4.24. The lowest BCUT2D eigenvalue weighted by Crippen LogP contribution is -2.49. The molecule has 126 valence electrons. The summed E-state index contributed by atoms with van der Waals surface area (Å²) in [5, 5.41) is 3.64. The molecule has 1 N–H and O–H groups in total. The van der Waals surface area contributed by atoms with Crippen molar-refractivity contribution in [1.29, 1.82) is 0 Å². The molecule has 1 aromatic carbocycles. The second-order valence-electron chi connectivity index (χ2n) is 6.03. The van der Waals surface area contributed by atoms with Crippen LogP contribution in [0.2, 0.25) is 5.02 Å². The minimum Gasteiger partial charge on any atom is -0.322 e. The average molecular weight is 345 g/mol. The molecule has 0 aliphatic carbocycles. The quantitative estimate of drug-likeness (QED) is 0.928. The normalized spacial score (nSPS) is 15.3. The topological polar surface area (TPSA) is 48.5 Å². The summed E-state index contributed by atoms with van der Waals surface area (Å²) in [4.78, 5) is 20.5. The number of piperazine rings is 1. The number of anilines is 1. The molecule has 3 rings (SSSR count). The standard InChI is InChI=1S/C18H21ClN4O/c1-14-2-4-16(5-3-14)21-18(24)23-10-8-22(9-11-23)13-15-6-7-20-12-17(15)19/h2-7,12H,8-11,13H2,1H3,(H,21,24). The highest BCUT2D eigenvalue weighted by molar-refractivity contribution is 6.31. The zero-order chi connectivity index (χ0) is 16.9. The molecule has 0 bridgehead atoms. The highest BCUT2D eigenvalue weighted by atomic mass is 35.5. The molecule has 0 radical (unpaired) electrons. The van der Waals surface area contributed by atoms with E-state index in [1.807, 2.05) is 42.2 Å². The van der Waals surface area contributed by atoms with Crippen LogP contribution in [0.4, 0.5) is 10.5 Å². The number of carbonyl (C=O) groups excluding carboxylic acids is 1. The third-order valence-electron chi connectivity index (χ3n) is 4.21. The minimum atomic E-state index is -0.0413. The summed E-state index contributed by atoms with van der Waals surface area (Å²) in [6, 6.07) is 9.74. The second kappa shape index (κ2) is 7.64. The van der Waals surface area contributed by atoms with E-state index < -0.39 is 0 Å². The van der Waals surface area contributed by atoms with Crippen LogP contribution in [-0.2, 0) is 6.54 Å². The maximum Gasteiger partial charge on any atom is 0.321 e. The number of hydrogen-bond acceptors (Lipinski definition) is 3. The molecule has 0 unspecified atom stereocenters. The molecular weight excluding hydrogens is 324 g/mol. The summed E-state index contributed by atoms with van der Waals surface area (Å²) in [7, 11) is 0. The molecule has 6 heteroatoms. The van der Waals surface area contributed by atoms with Gasteiger partial charge in [-0.25, -0.2) is 4.79 Å². The van der Waals surface area contributed by atoms with Crippen molar-refractivity contribution in [1.82, 2.24) is 14.8 Å². The third-order valence-corrected chi connectivity index (χ3v) is 4.55. The Bertz CT molecular complexity index is 696. The van der Waals surface area contributed by atoms with E-state index >= 15 is 0 Å². The molecule has 1 saturated heterocycles. The molecule has 0 saturated carbocycles. The van der Waals surface area contributed by atoms with Crippen LogP contribution in [0.25, 0.3) is 0 Å². The number of hydrogen-bond donors (Lipinski definition) is 1. The lowest BCUT2D eigenvalue weighted by atomic mass is 10.2. The number of nitrogens with zero attached hydrogens (tertiary/aromatic N) is 3. The minimum absolute atomic E-state index is 0.0413. The van der Waals surface area contributed by atoms with Crippen LogP contribution >= 0.6 is 11.6 Å². The van der Waals surface area contributed by atoms with Crippen molar-refractivity contribution in [3.63, 3.8) is 0 Å². The van der Waals surface area contributed by atoms with Gasteiger partial charge < -0.3 is 10.2 Å². The van der Waals surface area contributed by atoms with E-state index in [0.717, 1.165) is 30.9 Å². The number of halogens is 1. The highest BCUT2D eigenvalue weighted by Gasteiger charge is 2.21. The van der Waals surface area contributed by atoms with Crippen molar-refractivity contribution in [2.45, 2.75) is 13.5 Å². The van der Waals surface area contributed by atoms with Gasteiger partial charge in [0.2, 0.25) is 0 Å². The molecule has 1 aliphatic rings. The van der Waals surface area contributed by atoms with Gasteiger partial charge in [-0.3, -0.25) is 9.88 Å². The van der Waals surface area contributed by atoms with Crippen molar-refractivity contribution in [2.24, 2.45) is 0 Å². The fourth-order valence-corrected chi connectivity index (χ4v) is 2.90. The monoisotopic (exact) mass is 344 g/mol. The van der Waals surface area contributed by atoms with E-state index in [9.17, 15) is 4.79 Å². The molecule has 0 spiro atoms. The Hall–Kier alpha value is -2.11. The summed E-state index contributed by atoms with van der Waals surface area (Å²) < 4.78 is 0. The zero-order valence-corrected chi connectivity index (χ0v) is 14.5. The first kappa shape index (κ1) is 16.7. The van der Waals surface area contributed by atoms with Crippen molar-refractivity contribution in [3.8, 4) is 0 Å². The van der Waals surface area contributed by atoms with E-state index in [1.165, 1.54) is 5.56 Å². The Kier molecular flexibility index (Phi) is 5.33. The lowest BCUT2D eigenvalue weighted by molar-refractivity contribution is 0.143. The number of aryl methyl sites for hydroxylation is 1. The fourth-order valence-electron chi connectivity index (χ4n) is 2.72. The van der Waals surface area contributed by atoms with Crippen LogP contribution < -0.4 is 5.32 Å². The summed E-state index contributed by atoms with van der Waals surface area (Å²) in [6.45, 7) is 5.90. The molecule has 2 heterocycles. The van der Waals surface area contributed by atoms with Gasteiger partial charge >= 0.3 is 6.03 Å². The molecular formula is C18H21ClN4O. The Balaban J connectivity index is 1.50. The second-order valence-corrected chi connectivity index (χ2v) is 6.43. The van der Waals surface area contributed by atoms with Crippen LogP contribution in [0.15, 0.2) is 42.7 Å². The lowest BCUT2D eigenvalue weighted by Gasteiger charge is -2.34. The predicted octanol–water partition coefficient (Wildman–Crippen LogP) is 3.39. The number of aromatic nitrogens is 1. The molecule has 1 aliphatic heterocycles. The maximum absolute atomic E-state index is 12.3. The largest absolute Gasteiger partial charge is 0.322 e. The number of nitrogens with one attached hydrogen (secondary N) is 1. The van der Waals surface area contributed by atoms with Crippen molar-refractivity contribution >= 4 is 23.3 Å². The number of carbonyl (C=O) groups is 1. The van der Waals surface area contributed by atoms with Gasteiger partial charge in [0.05, 0.1) is 5.02 Å². The number of amides is 2. The molecule has 24 heavy (non-hydrogen) atoms. The summed E-state index contributed by atoms with van der Waals surface area (Å²) in [6.07, 6.45) is 3.43. The van der Waals surface area contributed by atoms with Crippen molar-refractivity contribution in [2.75, 3.05) is 31.5 Å². The number of urea groups is 1. The van der Waals surface area contributed by atoms with Gasteiger partial charge in [-0.15, -0.1) is 0 Å². The first-order valence-corrected chi connectivity index (χ1v) is 8.43. The Morgan fingerprint density at radius 2 is 1.88 bits per heavy atom. The molecule has 1 fully saturated rings. The van der Waals surface area contributed by atoms with Crippen LogP contribution in [0.1, 0.15) is 11.1 Å². The summed E-state index contributed by atoms with van der Waals surface area (Å²) in [5.41, 5.74) is 3.08. The molecule has 0 atom stereocenters. The van der Waals surface area contributed by atoms with Crippen LogP contribution in [0.3, 0.4) is 0 Å². The highest BCUT2D eigenvalue weighted by Crippen LogP contribution is 2.17. The summed E-state index contributed by atoms with van der Waals surface area (Å²) in [5.74, 6) is 0. The summed E-state index contributed by atoms with van der Waals surface area (Å²) >= 11 is 6.16. The van der Waals surface area contributed by atoms with Gasteiger partial charge in [-0.2, -0.15) is 0 Å². The van der Waals surface area contributed by atoms with Crippen LogP contribution in [-0.4, -0.2) is 47.0 Å². The number of pyridine rings is 1. The maximum atomic E-state index is 12.3. The number of rotatable bonds is 3. The first-order valence-electron chi connectivity index (χ1n) is 8.05. The average Bonchev–Trinajstić information content (AvgIpc) is 2.59. The molecule has 2 amide bonds.